The Bertz CT molecular complexity index is 898. The Kier molecular flexibility index (Phi) is 6.73. The van der Waals surface area contributed by atoms with E-state index < -0.39 is 0 Å². The summed E-state index contributed by atoms with van der Waals surface area (Å²) in [7, 11) is 3.22. The third-order valence-corrected chi connectivity index (χ3v) is 5.66. The lowest BCUT2D eigenvalue weighted by Crippen LogP contribution is -2.23. The number of methoxy groups -OCH3 is 2. The first-order valence-electron chi connectivity index (χ1n) is 8.29. The van der Waals surface area contributed by atoms with E-state index in [4.69, 9.17) is 9.47 Å². The van der Waals surface area contributed by atoms with Gasteiger partial charge in [0, 0.05) is 28.1 Å². The molecule has 1 heterocycles. The molecule has 1 aromatic heterocycles. The van der Waals surface area contributed by atoms with Crippen LogP contribution in [0.1, 0.15) is 21.6 Å². The third kappa shape index (κ3) is 5.02. The van der Waals surface area contributed by atoms with Gasteiger partial charge in [-0.3, -0.25) is 4.79 Å². The Morgan fingerprint density at radius 1 is 1.19 bits per heavy atom. The molecule has 5 nitrogen and oxygen atoms in total. The van der Waals surface area contributed by atoms with Crippen molar-refractivity contribution in [3.05, 3.63) is 70.2 Å². The number of thiazole rings is 1. The van der Waals surface area contributed by atoms with Crippen molar-refractivity contribution in [1.29, 1.82) is 0 Å². The minimum absolute atomic E-state index is 0.124. The van der Waals surface area contributed by atoms with Crippen molar-refractivity contribution < 1.29 is 14.3 Å². The second kappa shape index (κ2) is 9.43. The van der Waals surface area contributed by atoms with E-state index in [-0.39, 0.29) is 5.91 Å². The molecule has 0 spiro atoms. The normalized spacial score (nSPS) is 10.4. The Balaban J connectivity index is 1.69. The molecule has 3 rings (SSSR count). The summed E-state index contributed by atoms with van der Waals surface area (Å²) >= 11 is 3.18. The van der Waals surface area contributed by atoms with E-state index in [9.17, 15) is 4.79 Å². The summed E-state index contributed by atoms with van der Waals surface area (Å²) in [4.78, 5) is 18.0. The number of benzene rings is 2. The van der Waals surface area contributed by atoms with Crippen LogP contribution < -0.4 is 14.8 Å². The van der Waals surface area contributed by atoms with Crippen LogP contribution in [0.5, 0.6) is 11.5 Å². The fraction of sp³-hybridized carbons (Fsp3) is 0.200. The van der Waals surface area contributed by atoms with E-state index in [1.807, 2.05) is 53.4 Å². The predicted molar refractivity (Wildman–Crippen MR) is 109 cm³/mol. The van der Waals surface area contributed by atoms with Crippen molar-refractivity contribution in [1.82, 2.24) is 10.3 Å². The molecule has 0 fully saturated rings. The van der Waals surface area contributed by atoms with E-state index in [1.54, 1.807) is 37.3 Å². The van der Waals surface area contributed by atoms with Gasteiger partial charge < -0.3 is 14.8 Å². The van der Waals surface area contributed by atoms with Crippen molar-refractivity contribution in [3.8, 4) is 11.5 Å². The molecule has 1 amide bonds. The van der Waals surface area contributed by atoms with Crippen molar-refractivity contribution in [2.75, 3.05) is 14.2 Å². The lowest BCUT2D eigenvalue weighted by molar-refractivity contribution is 0.0947. The number of hydrogen-bond acceptors (Lipinski definition) is 6. The van der Waals surface area contributed by atoms with E-state index in [1.165, 1.54) is 0 Å². The van der Waals surface area contributed by atoms with Gasteiger partial charge in [-0.15, -0.1) is 23.1 Å². The Labute approximate surface area is 166 Å². The summed E-state index contributed by atoms with van der Waals surface area (Å²) in [6, 6.07) is 13.1. The molecule has 27 heavy (non-hydrogen) atoms. The monoisotopic (exact) mass is 400 g/mol. The molecule has 2 aromatic carbocycles. The first kappa shape index (κ1) is 19.3. The van der Waals surface area contributed by atoms with Crippen LogP contribution in [0.25, 0.3) is 0 Å². The summed E-state index contributed by atoms with van der Waals surface area (Å²) in [6.45, 7) is 0.351. The molecule has 140 valence electrons. The number of hydrogen-bond donors (Lipinski definition) is 1. The van der Waals surface area contributed by atoms with Gasteiger partial charge in [0.15, 0.2) is 0 Å². The lowest BCUT2D eigenvalue weighted by atomic mass is 10.1. The number of thioether (sulfide) groups is 1. The molecule has 0 aliphatic carbocycles. The molecule has 3 aromatic rings. The molecular weight excluding hydrogens is 380 g/mol. The highest BCUT2D eigenvalue weighted by molar-refractivity contribution is 7.98. The highest BCUT2D eigenvalue weighted by Crippen LogP contribution is 2.27. The van der Waals surface area contributed by atoms with Crippen molar-refractivity contribution in [2.45, 2.75) is 17.2 Å². The summed E-state index contributed by atoms with van der Waals surface area (Å²) in [5.41, 5.74) is 4.34. The second-order valence-electron chi connectivity index (χ2n) is 5.63. The number of amides is 1. The van der Waals surface area contributed by atoms with Gasteiger partial charge in [-0.2, -0.15) is 0 Å². The number of aromatic nitrogens is 1. The highest BCUT2D eigenvalue weighted by Gasteiger charge is 2.13. The Morgan fingerprint density at radius 3 is 2.78 bits per heavy atom. The molecule has 0 saturated heterocycles. The van der Waals surface area contributed by atoms with Gasteiger partial charge in [0.2, 0.25) is 0 Å². The van der Waals surface area contributed by atoms with Crippen LogP contribution in [0, 0.1) is 0 Å². The predicted octanol–water partition coefficient (Wildman–Crippen LogP) is 4.38. The van der Waals surface area contributed by atoms with Gasteiger partial charge in [-0.1, -0.05) is 12.1 Å². The summed E-state index contributed by atoms with van der Waals surface area (Å²) in [6.07, 6.45) is 0. The van der Waals surface area contributed by atoms with E-state index in [0.717, 1.165) is 27.7 Å². The average Bonchev–Trinajstić information content (AvgIpc) is 3.24. The SMILES string of the molecule is COc1ccc(OC)c(CNC(=O)c2ccccc2SCc2cscn2)c1. The first-order chi connectivity index (χ1) is 13.2. The molecule has 0 radical (unpaired) electrons. The maximum absolute atomic E-state index is 12.7. The van der Waals surface area contributed by atoms with Gasteiger partial charge >= 0.3 is 0 Å². The van der Waals surface area contributed by atoms with Crippen LogP contribution in [0.2, 0.25) is 0 Å². The molecule has 0 aliphatic rings. The summed E-state index contributed by atoms with van der Waals surface area (Å²) < 4.78 is 10.6. The maximum Gasteiger partial charge on any atom is 0.252 e. The minimum atomic E-state index is -0.124. The molecule has 0 aliphatic heterocycles. The van der Waals surface area contributed by atoms with Crippen LogP contribution in [0.15, 0.2) is 58.3 Å². The highest BCUT2D eigenvalue weighted by atomic mass is 32.2. The first-order valence-corrected chi connectivity index (χ1v) is 10.2. The summed E-state index contributed by atoms with van der Waals surface area (Å²) in [5.74, 6) is 2.04. The van der Waals surface area contributed by atoms with Gasteiger partial charge in [0.05, 0.1) is 31.0 Å². The van der Waals surface area contributed by atoms with Crippen LogP contribution in [-0.2, 0) is 12.3 Å². The maximum atomic E-state index is 12.7. The van der Waals surface area contributed by atoms with E-state index in [0.29, 0.717) is 17.9 Å². The molecule has 7 heteroatoms. The van der Waals surface area contributed by atoms with Gasteiger partial charge in [0.25, 0.3) is 5.91 Å². The third-order valence-electron chi connectivity index (χ3n) is 3.92. The smallest absolute Gasteiger partial charge is 0.252 e. The number of nitrogens with one attached hydrogen (secondary N) is 1. The fourth-order valence-corrected chi connectivity index (χ4v) is 4.15. The van der Waals surface area contributed by atoms with Gasteiger partial charge in [0.1, 0.15) is 11.5 Å². The van der Waals surface area contributed by atoms with Crippen molar-refractivity contribution in [3.63, 3.8) is 0 Å². The number of rotatable bonds is 8. The zero-order chi connectivity index (χ0) is 19.1. The van der Waals surface area contributed by atoms with Crippen molar-refractivity contribution in [2.24, 2.45) is 0 Å². The number of carbonyl (C=O) groups is 1. The fourth-order valence-electron chi connectivity index (χ4n) is 2.53. The Hall–Kier alpha value is -2.51. The zero-order valence-electron chi connectivity index (χ0n) is 15.1. The van der Waals surface area contributed by atoms with Crippen molar-refractivity contribution >= 4 is 29.0 Å². The topological polar surface area (TPSA) is 60.5 Å². The molecule has 1 N–H and O–H groups in total. The van der Waals surface area contributed by atoms with Crippen LogP contribution in [0.4, 0.5) is 0 Å². The average molecular weight is 401 g/mol. The summed E-state index contributed by atoms with van der Waals surface area (Å²) in [5, 5.41) is 4.99. The van der Waals surface area contributed by atoms with Gasteiger partial charge in [-0.25, -0.2) is 4.98 Å². The van der Waals surface area contributed by atoms with Crippen LogP contribution in [0.3, 0.4) is 0 Å². The zero-order valence-corrected chi connectivity index (χ0v) is 16.7. The van der Waals surface area contributed by atoms with E-state index in [2.05, 4.69) is 10.3 Å². The number of ether oxygens (including phenoxy) is 2. The van der Waals surface area contributed by atoms with Crippen LogP contribution >= 0.6 is 23.1 Å². The minimum Gasteiger partial charge on any atom is -0.497 e. The molecular formula is C20H20N2O3S2. The Morgan fingerprint density at radius 2 is 2.04 bits per heavy atom. The second-order valence-corrected chi connectivity index (χ2v) is 7.36. The molecule has 0 saturated carbocycles. The largest absolute Gasteiger partial charge is 0.497 e. The standard InChI is InChI=1S/C20H20N2O3S2/c1-24-16-7-8-18(25-2)14(9-16)10-21-20(23)17-5-3-4-6-19(17)27-12-15-11-26-13-22-15/h3-9,11,13H,10,12H2,1-2H3,(H,21,23). The molecule has 0 unspecified atom stereocenters. The molecule has 0 atom stereocenters. The quantitative estimate of drug-likeness (QED) is 0.569. The van der Waals surface area contributed by atoms with Crippen LogP contribution in [-0.4, -0.2) is 25.1 Å². The number of carbonyl (C=O) groups excluding carboxylic acids is 1. The molecule has 0 bridgehead atoms. The van der Waals surface area contributed by atoms with E-state index >= 15 is 0 Å². The lowest BCUT2D eigenvalue weighted by Gasteiger charge is -2.13. The van der Waals surface area contributed by atoms with Gasteiger partial charge in [-0.05, 0) is 30.3 Å². The number of nitrogens with zero attached hydrogens (tertiary/aromatic N) is 1.